The second-order valence-corrected chi connectivity index (χ2v) is 5.75. The van der Waals surface area contributed by atoms with Crippen LogP contribution in [0.15, 0.2) is 24.3 Å². The number of carbonyl (C=O) groups is 2. The summed E-state index contributed by atoms with van der Waals surface area (Å²) in [5, 5.41) is 2.80. The van der Waals surface area contributed by atoms with E-state index in [9.17, 15) is 14.0 Å². The number of anilines is 1. The number of piperidine rings is 1. The molecular weight excluding hydrogens is 271 g/mol. The van der Waals surface area contributed by atoms with Gasteiger partial charge in [-0.05, 0) is 37.1 Å². The molecular formula is C16H21FN2O2. The molecule has 114 valence electrons. The number of nitrogens with one attached hydrogen (secondary N) is 1. The Morgan fingerprint density at radius 1 is 1.19 bits per heavy atom. The van der Waals surface area contributed by atoms with Gasteiger partial charge in [0, 0.05) is 30.6 Å². The van der Waals surface area contributed by atoms with Crippen molar-refractivity contribution in [3.63, 3.8) is 0 Å². The predicted molar refractivity (Wildman–Crippen MR) is 79.2 cm³/mol. The monoisotopic (exact) mass is 292 g/mol. The molecule has 0 radical (unpaired) electrons. The van der Waals surface area contributed by atoms with Gasteiger partial charge in [0.1, 0.15) is 5.82 Å². The average Bonchev–Trinajstić information content (AvgIpc) is 2.49. The molecule has 1 aliphatic heterocycles. The number of benzene rings is 1. The molecule has 1 aromatic rings. The van der Waals surface area contributed by atoms with Crippen LogP contribution in [0.3, 0.4) is 0 Å². The van der Waals surface area contributed by atoms with Crippen LogP contribution >= 0.6 is 0 Å². The van der Waals surface area contributed by atoms with Crippen molar-refractivity contribution in [2.75, 3.05) is 18.4 Å². The summed E-state index contributed by atoms with van der Waals surface area (Å²) in [6.45, 7) is 5.02. The summed E-state index contributed by atoms with van der Waals surface area (Å²) in [5.74, 6) is -0.333. The fourth-order valence-electron chi connectivity index (χ4n) is 2.50. The Bertz CT molecular complexity index is 506. The highest BCUT2D eigenvalue weighted by Crippen LogP contribution is 2.21. The van der Waals surface area contributed by atoms with Crippen LogP contribution in [0.25, 0.3) is 0 Å². The first-order valence-corrected chi connectivity index (χ1v) is 7.32. The molecule has 0 aromatic heterocycles. The van der Waals surface area contributed by atoms with Gasteiger partial charge < -0.3 is 10.2 Å². The normalized spacial score (nSPS) is 16.1. The Kier molecular flexibility index (Phi) is 4.94. The smallest absolute Gasteiger partial charge is 0.227 e. The molecule has 5 heteroatoms. The second-order valence-electron chi connectivity index (χ2n) is 5.75. The van der Waals surface area contributed by atoms with Gasteiger partial charge in [-0.15, -0.1) is 0 Å². The summed E-state index contributed by atoms with van der Waals surface area (Å²) in [4.78, 5) is 25.9. The number of likely N-dealkylation sites (tertiary alicyclic amines) is 1. The van der Waals surface area contributed by atoms with Gasteiger partial charge in [0.25, 0.3) is 0 Å². The minimum absolute atomic E-state index is 0.00501. The molecule has 1 aromatic carbocycles. The maximum Gasteiger partial charge on any atom is 0.227 e. The molecule has 2 rings (SSSR count). The van der Waals surface area contributed by atoms with Gasteiger partial charge in [-0.2, -0.15) is 0 Å². The third kappa shape index (κ3) is 4.03. The van der Waals surface area contributed by atoms with E-state index in [-0.39, 0.29) is 29.5 Å². The zero-order valence-corrected chi connectivity index (χ0v) is 12.4. The highest BCUT2D eigenvalue weighted by Gasteiger charge is 2.28. The Morgan fingerprint density at radius 3 is 2.29 bits per heavy atom. The molecule has 0 atom stereocenters. The Balaban J connectivity index is 1.86. The molecule has 1 aliphatic rings. The van der Waals surface area contributed by atoms with Gasteiger partial charge >= 0.3 is 0 Å². The predicted octanol–water partition coefficient (Wildman–Crippen LogP) is 2.66. The number of hydrogen-bond donors (Lipinski definition) is 1. The molecule has 0 spiro atoms. The lowest BCUT2D eigenvalue weighted by molar-refractivity contribution is -0.137. The largest absolute Gasteiger partial charge is 0.342 e. The summed E-state index contributed by atoms with van der Waals surface area (Å²) in [6, 6.07) is 5.73. The van der Waals surface area contributed by atoms with Crippen molar-refractivity contribution in [2.45, 2.75) is 26.7 Å². The number of amides is 2. The standard InChI is InChI=1S/C16H21FN2O2/c1-11(2)16(21)19-9-7-12(8-10-19)15(20)18-14-5-3-13(17)4-6-14/h3-6,11-12H,7-10H2,1-2H3,(H,18,20). The van der Waals surface area contributed by atoms with E-state index in [2.05, 4.69) is 5.32 Å². The molecule has 0 saturated carbocycles. The second kappa shape index (κ2) is 6.70. The van der Waals surface area contributed by atoms with Gasteiger partial charge in [-0.1, -0.05) is 13.8 Å². The number of halogens is 1. The van der Waals surface area contributed by atoms with Crippen LogP contribution in [-0.4, -0.2) is 29.8 Å². The molecule has 4 nitrogen and oxygen atoms in total. The van der Waals surface area contributed by atoms with Crippen molar-refractivity contribution in [2.24, 2.45) is 11.8 Å². The van der Waals surface area contributed by atoms with Crippen LogP contribution in [-0.2, 0) is 9.59 Å². The Morgan fingerprint density at radius 2 is 1.76 bits per heavy atom. The van der Waals surface area contributed by atoms with E-state index in [1.54, 1.807) is 12.1 Å². The molecule has 1 heterocycles. The third-order valence-corrected chi connectivity index (χ3v) is 3.78. The van der Waals surface area contributed by atoms with Crippen molar-refractivity contribution < 1.29 is 14.0 Å². The molecule has 0 aliphatic carbocycles. The van der Waals surface area contributed by atoms with E-state index in [0.29, 0.717) is 31.6 Å². The topological polar surface area (TPSA) is 49.4 Å². The summed E-state index contributed by atoms with van der Waals surface area (Å²) in [5.41, 5.74) is 0.599. The van der Waals surface area contributed by atoms with Crippen molar-refractivity contribution in [3.05, 3.63) is 30.1 Å². The molecule has 2 amide bonds. The van der Waals surface area contributed by atoms with Crippen LogP contribution < -0.4 is 5.32 Å². The molecule has 0 bridgehead atoms. The Labute approximate surface area is 124 Å². The zero-order chi connectivity index (χ0) is 15.4. The van der Waals surface area contributed by atoms with E-state index < -0.39 is 0 Å². The van der Waals surface area contributed by atoms with Crippen LogP contribution in [0.4, 0.5) is 10.1 Å². The van der Waals surface area contributed by atoms with Crippen LogP contribution in [0, 0.1) is 17.7 Å². The summed E-state index contributed by atoms with van der Waals surface area (Å²) >= 11 is 0. The first kappa shape index (κ1) is 15.5. The third-order valence-electron chi connectivity index (χ3n) is 3.78. The highest BCUT2D eigenvalue weighted by molar-refractivity contribution is 5.92. The van der Waals surface area contributed by atoms with Gasteiger partial charge in [-0.3, -0.25) is 9.59 Å². The summed E-state index contributed by atoms with van der Waals surface area (Å²) < 4.78 is 12.8. The van der Waals surface area contributed by atoms with Crippen LogP contribution in [0.1, 0.15) is 26.7 Å². The van der Waals surface area contributed by atoms with E-state index in [4.69, 9.17) is 0 Å². The maximum atomic E-state index is 12.8. The molecule has 1 fully saturated rings. The summed E-state index contributed by atoms with van der Waals surface area (Å²) in [7, 11) is 0. The lowest BCUT2D eigenvalue weighted by Crippen LogP contribution is -2.43. The first-order chi connectivity index (χ1) is 9.97. The van der Waals surface area contributed by atoms with Crippen molar-refractivity contribution in [3.8, 4) is 0 Å². The maximum absolute atomic E-state index is 12.8. The van der Waals surface area contributed by atoms with Gasteiger partial charge in [0.05, 0.1) is 0 Å². The SMILES string of the molecule is CC(C)C(=O)N1CCC(C(=O)Nc2ccc(F)cc2)CC1. The van der Waals surface area contributed by atoms with E-state index in [0.717, 1.165) is 0 Å². The lowest BCUT2D eigenvalue weighted by Gasteiger charge is -2.32. The molecule has 1 saturated heterocycles. The summed E-state index contributed by atoms with van der Waals surface area (Å²) in [6.07, 6.45) is 1.34. The van der Waals surface area contributed by atoms with Crippen molar-refractivity contribution >= 4 is 17.5 Å². The van der Waals surface area contributed by atoms with Gasteiger partial charge in [0.2, 0.25) is 11.8 Å². The zero-order valence-electron chi connectivity index (χ0n) is 12.4. The lowest BCUT2D eigenvalue weighted by atomic mass is 9.95. The van der Waals surface area contributed by atoms with E-state index in [1.807, 2.05) is 18.7 Å². The fraction of sp³-hybridized carbons (Fsp3) is 0.500. The Hall–Kier alpha value is -1.91. The molecule has 0 unspecified atom stereocenters. The van der Waals surface area contributed by atoms with Crippen molar-refractivity contribution in [1.29, 1.82) is 0 Å². The number of hydrogen-bond acceptors (Lipinski definition) is 2. The van der Waals surface area contributed by atoms with Crippen LogP contribution in [0.5, 0.6) is 0 Å². The van der Waals surface area contributed by atoms with Crippen molar-refractivity contribution in [1.82, 2.24) is 4.90 Å². The minimum Gasteiger partial charge on any atom is -0.342 e. The van der Waals surface area contributed by atoms with Crippen LogP contribution in [0.2, 0.25) is 0 Å². The number of carbonyl (C=O) groups excluding carboxylic acids is 2. The van der Waals surface area contributed by atoms with E-state index in [1.165, 1.54) is 12.1 Å². The quantitative estimate of drug-likeness (QED) is 0.931. The highest BCUT2D eigenvalue weighted by atomic mass is 19.1. The number of rotatable bonds is 3. The van der Waals surface area contributed by atoms with Gasteiger partial charge in [-0.25, -0.2) is 4.39 Å². The fourth-order valence-corrected chi connectivity index (χ4v) is 2.50. The molecule has 1 N–H and O–H groups in total. The minimum atomic E-state index is -0.325. The molecule has 21 heavy (non-hydrogen) atoms. The van der Waals surface area contributed by atoms with E-state index >= 15 is 0 Å². The number of nitrogens with zero attached hydrogens (tertiary/aromatic N) is 1. The first-order valence-electron chi connectivity index (χ1n) is 7.32. The van der Waals surface area contributed by atoms with Gasteiger partial charge in [0.15, 0.2) is 0 Å². The average molecular weight is 292 g/mol.